The Morgan fingerprint density at radius 3 is 2.82 bits per heavy atom. The van der Waals surface area contributed by atoms with E-state index in [1.165, 1.54) is 30.4 Å². The average Bonchev–Trinajstić information content (AvgIpc) is 2.32. The highest BCUT2D eigenvalue weighted by atomic mass is 32.2. The van der Waals surface area contributed by atoms with Gasteiger partial charge in [-0.15, -0.1) is 0 Å². The van der Waals surface area contributed by atoms with Gasteiger partial charge in [0.1, 0.15) is 0 Å². The van der Waals surface area contributed by atoms with Crippen LogP contribution in [0.4, 0.5) is 0 Å². The molecule has 2 N–H and O–H groups in total. The summed E-state index contributed by atoms with van der Waals surface area (Å²) in [4.78, 5) is 0. The Balaban J connectivity index is 1.91. The van der Waals surface area contributed by atoms with E-state index in [-0.39, 0.29) is 0 Å². The van der Waals surface area contributed by atoms with Crippen molar-refractivity contribution in [2.45, 2.75) is 50.2 Å². The standard InChI is InChI=1S/C15H23NS/c1-11-7-8-14(16)15(9-11)17-10-13-6-4-3-5-12(13)2/h3-6,11,14-15H,7-10,16H2,1-2H3. The molecule has 3 unspecified atom stereocenters. The lowest BCUT2D eigenvalue weighted by molar-refractivity contribution is 0.357. The third-order valence-electron chi connectivity index (χ3n) is 3.82. The number of nitrogens with two attached hydrogens (primary N) is 1. The Hall–Kier alpha value is -0.470. The zero-order valence-electron chi connectivity index (χ0n) is 10.9. The summed E-state index contributed by atoms with van der Waals surface area (Å²) in [6.45, 7) is 4.55. The van der Waals surface area contributed by atoms with E-state index in [9.17, 15) is 0 Å². The van der Waals surface area contributed by atoms with Crippen molar-refractivity contribution in [3.05, 3.63) is 35.4 Å². The zero-order valence-corrected chi connectivity index (χ0v) is 11.7. The lowest BCUT2D eigenvalue weighted by Crippen LogP contribution is -2.37. The van der Waals surface area contributed by atoms with Crippen LogP contribution in [0.2, 0.25) is 0 Å². The molecule has 1 aromatic carbocycles. The fraction of sp³-hybridized carbons (Fsp3) is 0.600. The number of rotatable bonds is 3. The van der Waals surface area contributed by atoms with E-state index in [4.69, 9.17) is 5.73 Å². The average molecular weight is 249 g/mol. The van der Waals surface area contributed by atoms with E-state index in [2.05, 4.69) is 49.9 Å². The largest absolute Gasteiger partial charge is 0.327 e. The summed E-state index contributed by atoms with van der Waals surface area (Å²) in [6.07, 6.45) is 3.80. The van der Waals surface area contributed by atoms with Crippen molar-refractivity contribution in [3.63, 3.8) is 0 Å². The van der Waals surface area contributed by atoms with Gasteiger partial charge in [-0.25, -0.2) is 0 Å². The van der Waals surface area contributed by atoms with Crippen LogP contribution in [-0.2, 0) is 5.75 Å². The Kier molecular flexibility index (Phi) is 4.52. The van der Waals surface area contributed by atoms with Gasteiger partial charge >= 0.3 is 0 Å². The molecule has 0 bridgehead atoms. The number of aryl methyl sites for hydroxylation is 1. The van der Waals surface area contributed by atoms with Crippen LogP contribution in [0.3, 0.4) is 0 Å². The van der Waals surface area contributed by atoms with Crippen LogP contribution in [0.15, 0.2) is 24.3 Å². The highest BCUT2D eigenvalue weighted by Crippen LogP contribution is 2.33. The van der Waals surface area contributed by atoms with Crippen molar-refractivity contribution >= 4 is 11.8 Å². The summed E-state index contributed by atoms with van der Waals surface area (Å²) in [7, 11) is 0. The van der Waals surface area contributed by atoms with Gasteiger partial charge in [0.05, 0.1) is 0 Å². The van der Waals surface area contributed by atoms with Crippen LogP contribution >= 0.6 is 11.8 Å². The Morgan fingerprint density at radius 1 is 1.29 bits per heavy atom. The monoisotopic (exact) mass is 249 g/mol. The highest BCUT2D eigenvalue weighted by molar-refractivity contribution is 7.99. The maximum atomic E-state index is 6.22. The molecule has 1 aliphatic carbocycles. The lowest BCUT2D eigenvalue weighted by atomic mass is 9.87. The second-order valence-corrected chi connectivity index (χ2v) is 6.59. The van der Waals surface area contributed by atoms with Gasteiger partial charge in [0.2, 0.25) is 0 Å². The normalized spacial score (nSPS) is 29.2. The molecule has 0 aliphatic heterocycles. The van der Waals surface area contributed by atoms with Gasteiger partial charge in [0.25, 0.3) is 0 Å². The summed E-state index contributed by atoms with van der Waals surface area (Å²) in [5, 5.41) is 0.651. The Morgan fingerprint density at radius 2 is 2.06 bits per heavy atom. The first-order chi connectivity index (χ1) is 8.16. The quantitative estimate of drug-likeness (QED) is 0.883. The number of hydrogen-bond donors (Lipinski definition) is 1. The first kappa shape index (κ1) is 13.0. The summed E-state index contributed by atoms with van der Waals surface area (Å²) < 4.78 is 0. The molecular weight excluding hydrogens is 226 g/mol. The lowest BCUT2D eigenvalue weighted by Gasteiger charge is -2.32. The van der Waals surface area contributed by atoms with Crippen LogP contribution in [0.25, 0.3) is 0 Å². The minimum Gasteiger partial charge on any atom is -0.327 e. The second kappa shape index (κ2) is 5.92. The fourth-order valence-electron chi connectivity index (χ4n) is 2.51. The van der Waals surface area contributed by atoms with Crippen molar-refractivity contribution in [2.75, 3.05) is 0 Å². The van der Waals surface area contributed by atoms with Gasteiger partial charge in [0, 0.05) is 17.0 Å². The molecule has 0 amide bonds. The van der Waals surface area contributed by atoms with E-state index in [0.29, 0.717) is 11.3 Å². The Labute approximate surface area is 109 Å². The summed E-state index contributed by atoms with van der Waals surface area (Å²) in [5.74, 6) is 1.96. The smallest absolute Gasteiger partial charge is 0.0204 e. The van der Waals surface area contributed by atoms with E-state index in [1.54, 1.807) is 0 Å². The predicted molar refractivity (Wildman–Crippen MR) is 77.3 cm³/mol. The van der Waals surface area contributed by atoms with Crippen LogP contribution in [0.5, 0.6) is 0 Å². The first-order valence-electron chi connectivity index (χ1n) is 6.58. The van der Waals surface area contributed by atoms with Gasteiger partial charge in [-0.3, -0.25) is 0 Å². The highest BCUT2D eigenvalue weighted by Gasteiger charge is 2.26. The maximum Gasteiger partial charge on any atom is 0.0204 e. The summed E-state index contributed by atoms with van der Waals surface area (Å²) >= 11 is 2.05. The molecule has 94 valence electrons. The molecule has 1 fully saturated rings. The predicted octanol–water partition coefficient (Wildman–Crippen LogP) is 3.74. The molecule has 0 saturated heterocycles. The van der Waals surface area contributed by atoms with Crippen LogP contribution in [-0.4, -0.2) is 11.3 Å². The van der Waals surface area contributed by atoms with Crippen molar-refractivity contribution in [1.29, 1.82) is 0 Å². The van der Waals surface area contributed by atoms with Gasteiger partial charge in [-0.1, -0.05) is 31.2 Å². The van der Waals surface area contributed by atoms with Crippen molar-refractivity contribution < 1.29 is 0 Å². The molecule has 2 rings (SSSR count). The molecule has 17 heavy (non-hydrogen) atoms. The summed E-state index contributed by atoms with van der Waals surface area (Å²) in [5.41, 5.74) is 9.08. The van der Waals surface area contributed by atoms with Crippen molar-refractivity contribution in [2.24, 2.45) is 11.7 Å². The van der Waals surface area contributed by atoms with Gasteiger partial charge < -0.3 is 5.73 Å². The molecule has 0 spiro atoms. The second-order valence-electron chi connectivity index (χ2n) is 5.36. The summed E-state index contributed by atoms with van der Waals surface area (Å²) in [6, 6.07) is 9.07. The van der Waals surface area contributed by atoms with Crippen molar-refractivity contribution in [3.8, 4) is 0 Å². The third-order valence-corrected chi connectivity index (χ3v) is 5.27. The topological polar surface area (TPSA) is 26.0 Å². The molecule has 3 atom stereocenters. The van der Waals surface area contributed by atoms with Gasteiger partial charge in [-0.2, -0.15) is 11.8 Å². The van der Waals surface area contributed by atoms with Crippen LogP contribution in [0.1, 0.15) is 37.3 Å². The third kappa shape index (κ3) is 3.49. The van der Waals surface area contributed by atoms with Gasteiger partial charge in [0.15, 0.2) is 0 Å². The SMILES string of the molecule is Cc1ccccc1CSC1CC(C)CCC1N. The molecule has 0 heterocycles. The fourth-order valence-corrected chi connectivity index (χ4v) is 4.08. The van der Waals surface area contributed by atoms with Gasteiger partial charge in [-0.05, 0) is 43.2 Å². The number of hydrogen-bond acceptors (Lipinski definition) is 2. The first-order valence-corrected chi connectivity index (χ1v) is 7.63. The van der Waals surface area contributed by atoms with E-state index in [1.807, 2.05) is 0 Å². The van der Waals surface area contributed by atoms with Crippen LogP contribution < -0.4 is 5.73 Å². The minimum atomic E-state index is 0.403. The molecular formula is C15H23NS. The molecule has 1 aromatic rings. The van der Waals surface area contributed by atoms with Crippen LogP contribution in [0, 0.1) is 12.8 Å². The minimum absolute atomic E-state index is 0.403. The molecule has 0 aromatic heterocycles. The van der Waals surface area contributed by atoms with Crippen molar-refractivity contribution in [1.82, 2.24) is 0 Å². The molecule has 1 aliphatic rings. The maximum absolute atomic E-state index is 6.22. The molecule has 0 radical (unpaired) electrons. The van der Waals surface area contributed by atoms with E-state index >= 15 is 0 Å². The molecule has 2 heteroatoms. The Bertz CT molecular complexity index is 364. The zero-order chi connectivity index (χ0) is 12.3. The number of thioether (sulfide) groups is 1. The molecule has 1 saturated carbocycles. The van der Waals surface area contributed by atoms with E-state index in [0.717, 1.165) is 11.7 Å². The van der Waals surface area contributed by atoms with E-state index < -0.39 is 0 Å². The molecule has 1 nitrogen and oxygen atoms in total. The number of benzene rings is 1.